The Kier molecular flexibility index (Phi) is 4.16. The van der Waals surface area contributed by atoms with Crippen molar-refractivity contribution in [2.75, 3.05) is 13.2 Å². The monoisotopic (exact) mass is 224 g/mol. The summed E-state index contributed by atoms with van der Waals surface area (Å²) in [6.07, 6.45) is -2.24. The fraction of sp³-hybridized carbons (Fsp3) is 0.556. The van der Waals surface area contributed by atoms with Gasteiger partial charge in [-0.25, -0.2) is 0 Å². The van der Waals surface area contributed by atoms with Crippen molar-refractivity contribution in [1.29, 1.82) is 0 Å². The van der Waals surface area contributed by atoms with Crippen LogP contribution >= 0.6 is 0 Å². The van der Waals surface area contributed by atoms with Gasteiger partial charge in [0.15, 0.2) is 0 Å². The van der Waals surface area contributed by atoms with E-state index in [9.17, 15) is 18.3 Å². The molecule has 1 unspecified atom stereocenters. The predicted molar refractivity (Wildman–Crippen MR) is 45.3 cm³/mol. The minimum Gasteiger partial charge on any atom is -0.472 e. The molecule has 0 radical (unpaired) electrons. The number of halogens is 3. The third-order valence-corrected chi connectivity index (χ3v) is 1.63. The number of alkyl halides is 3. The molecule has 0 bridgehead atoms. The second-order valence-corrected chi connectivity index (χ2v) is 3.12. The lowest BCUT2D eigenvalue weighted by Crippen LogP contribution is -2.24. The van der Waals surface area contributed by atoms with Gasteiger partial charge in [0.1, 0.15) is 6.61 Å². The minimum absolute atomic E-state index is 0.217. The number of ether oxygens (including phenoxy) is 1. The van der Waals surface area contributed by atoms with Gasteiger partial charge < -0.3 is 14.3 Å². The first-order valence-electron chi connectivity index (χ1n) is 4.31. The molecule has 1 rings (SSSR count). The molecule has 15 heavy (non-hydrogen) atoms. The van der Waals surface area contributed by atoms with Crippen molar-refractivity contribution < 1.29 is 27.4 Å². The Morgan fingerprint density at radius 3 is 2.73 bits per heavy atom. The highest BCUT2D eigenvalue weighted by atomic mass is 19.4. The van der Waals surface area contributed by atoms with Crippen LogP contribution in [0.15, 0.2) is 23.0 Å². The first kappa shape index (κ1) is 12.1. The Labute approximate surface area is 84.5 Å². The zero-order valence-electron chi connectivity index (χ0n) is 7.83. The van der Waals surface area contributed by atoms with Gasteiger partial charge in [-0.1, -0.05) is 0 Å². The summed E-state index contributed by atoms with van der Waals surface area (Å²) < 4.78 is 44.0. The summed E-state index contributed by atoms with van der Waals surface area (Å²) in [6, 6.07) is 1.63. The van der Waals surface area contributed by atoms with Gasteiger partial charge in [-0.3, -0.25) is 0 Å². The van der Waals surface area contributed by atoms with Crippen molar-refractivity contribution in [1.82, 2.24) is 0 Å². The molecule has 0 aromatic carbocycles. The van der Waals surface area contributed by atoms with Gasteiger partial charge in [-0.05, 0) is 11.6 Å². The Hall–Kier alpha value is -1.01. The van der Waals surface area contributed by atoms with Gasteiger partial charge in [0, 0.05) is 6.42 Å². The normalized spacial score (nSPS) is 14.1. The lowest BCUT2D eigenvalue weighted by Gasteiger charge is -2.11. The van der Waals surface area contributed by atoms with Crippen LogP contribution < -0.4 is 0 Å². The van der Waals surface area contributed by atoms with Crippen LogP contribution in [0.5, 0.6) is 0 Å². The molecule has 1 heterocycles. The quantitative estimate of drug-likeness (QED) is 0.828. The molecule has 0 aliphatic rings. The van der Waals surface area contributed by atoms with Crippen LogP contribution in [0, 0.1) is 0 Å². The van der Waals surface area contributed by atoms with E-state index < -0.39 is 18.9 Å². The first-order valence-corrected chi connectivity index (χ1v) is 4.31. The molecule has 1 aromatic heterocycles. The summed E-state index contributed by atoms with van der Waals surface area (Å²) in [5.41, 5.74) is 0.720. The average molecular weight is 224 g/mol. The van der Waals surface area contributed by atoms with Crippen LogP contribution in [0.25, 0.3) is 0 Å². The summed E-state index contributed by atoms with van der Waals surface area (Å²) >= 11 is 0. The number of aliphatic hydroxyl groups excluding tert-OH is 1. The molecule has 1 aromatic rings. The van der Waals surface area contributed by atoms with Gasteiger partial charge in [-0.15, -0.1) is 0 Å². The van der Waals surface area contributed by atoms with Crippen LogP contribution in [0.4, 0.5) is 13.2 Å². The SMILES string of the molecule is OC(COCC(F)(F)F)Cc1ccoc1. The molecule has 0 spiro atoms. The highest BCUT2D eigenvalue weighted by Crippen LogP contribution is 2.14. The number of hydrogen-bond acceptors (Lipinski definition) is 3. The standard InChI is InChI=1S/C9H11F3O3/c10-9(11,12)6-15-5-8(13)3-7-1-2-14-4-7/h1-2,4,8,13H,3,5-6H2. The molecular weight excluding hydrogens is 213 g/mol. The van der Waals surface area contributed by atoms with Crippen molar-refractivity contribution >= 4 is 0 Å². The highest BCUT2D eigenvalue weighted by Gasteiger charge is 2.27. The van der Waals surface area contributed by atoms with Crippen molar-refractivity contribution in [2.45, 2.75) is 18.7 Å². The molecule has 0 amide bonds. The Morgan fingerprint density at radius 1 is 1.47 bits per heavy atom. The zero-order chi connectivity index (χ0) is 11.3. The van der Waals surface area contributed by atoms with Crippen LogP contribution in [0.3, 0.4) is 0 Å². The number of aliphatic hydroxyl groups is 1. The van der Waals surface area contributed by atoms with E-state index >= 15 is 0 Å². The van der Waals surface area contributed by atoms with E-state index in [1.807, 2.05) is 0 Å². The van der Waals surface area contributed by atoms with E-state index in [1.54, 1.807) is 6.07 Å². The van der Waals surface area contributed by atoms with Gasteiger partial charge in [0.2, 0.25) is 0 Å². The highest BCUT2D eigenvalue weighted by molar-refractivity contribution is 5.06. The van der Waals surface area contributed by atoms with Gasteiger partial charge in [0.25, 0.3) is 0 Å². The number of rotatable bonds is 5. The molecule has 1 N–H and O–H groups in total. The average Bonchev–Trinajstić information content (AvgIpc) is 2.54. The van der Waals surface area contributed by atoms with Crippen LogP contribution in [0.2, 0.25) is 0 Å². The van der Waals surface area contributed by atoms with Crippen LogP contribution in [0.1, 0.15) is 5.56 Å². The summed E-state index contributed by atoms with van der Waals surface area (Å²) in [6.45, 7) is -1.68. The van der Waals surface area contributed by atoms with Crippen molar-refractivity contribution in [3.8, 4) is 0 Å². The van der Waals surface area contributed by atoms with Crippen LogP contribution in [-0.2, 0) is 11.2 Å². The summed E-state index contributed by atoms with van der Waals surface area (Å²) in [5, 5.41) is 9.28. The molecule has 3 nitrogen and oxygen atoms in total. The lowest BCUT2D eigenvalue weighted by atomic mass is 10.1. The van der Waals surface area contributed by atoms with E-state index in [-0.39, 0.29) is 13.0 Å². The van der Waals surface area contributed by atoms with Gasteiger partial charge >= 0.3 is 6.18 Å². The van der Waals surface area contributed by atoms with Crippen molar-refractivity contribution in [3.63, 3.8) is 0 Å². The van der Waals surface area contributed by atoms with Crippen molar-refractivity contribution in [2.24, 2.45) is 0 Å². The van der Waals surface area contributed by atoms with E-state index in [4.69, 9.17) is 4.42 Å². The molecular formula is C9H11F3O3. The van der Waals surface area contributed by atoms with Crippen LogP contribution in [-0.4, -0.2) is 30.6 Å². The largest absolute Gasteiger partial charge is 0.472 e. The molecule has 1 atom stereocenters. The van der Waals surface area contributed by atoms with E-state index in [0.29, 0.717) is 0 Å². The second kappa shape index (κ2) is 5.18. The Balaban J connectivity index is 2.17. The van der Waals surface area contributed by atoms with E-state index in [1.165, 1.54) is 12.5 Å². The minimum atomic E-state index is -4.35. The smallest absolute Gasteiger partial charge is 0.411 e. The van der Waals surface area contributed by atoms with E-state index in [0.717, 1.165) is 5.56 Å². The van der Waals surface area contributed by atoms with Gasteiger partial charge in [0.05, 0.1) is 25.2 Å². The third-order valence-electron chi connectivity index (χ3n) is 1.63. The second-order valence-electron chi connectivity index (χ2n) is 3.12. The lowest BCUT2D eigenvalue weighted by molar-refractivity contribution is -0.179. The third kappa shape index (κ3) is 5.44. The molecule has 0 aliphatic carbocycles. The maximum absolute atomic E-state index is 11.7. The molecule has 86 valence electrons. The molecule has 6 heteroatoms. The topological polar surface area (TPSA) is 42.6 Å². The summed E-state index contributed by atoms with van der Waals surface area (Å²) in [7, 11) is 0. The summed E-state index contributed by atoms with van der Waals surface area (Å²) in [4.78, 5) is 0. The van der Waals surface area contributed by atoms with Crippen molar-refractivity contribution in [3.05, 3.63) is 24.2 Å². The molecule has 0 aliphatic heterocycles. The predicted octanol–water partition coefficient (Wildman–Crippen LogP) is 1.76. The first-order chi connectivity index (χ1) is 6.97. The molecule has 0 fully saturated rings. The Morgan fingerprint density at radius 2 is 2.20 bits per heavy atom. The van der Waals surface area contributed by atoms with Gasteiger partial charge in [-0.2, -0.15) is 13.2 Å². The number of hydrogen-bond donors (Lipinski definition) is 1. The number of furan rings is 1. The zero-order valence-corrected chi connectivity index (χ0v) is 7.83. The molecule has 0 saturated carbocycles. The fourth-order valence-corrected chi connectivity index (χ4v) is 1.05. The fourth-order valence-electron chi connectivity index (χ4n) is 1.05. The van der Waals surface area contributed by atoms with E-state index in [2.05, 4.69) is 4.74 Å². The maximum atomic E-state index is 11.7. The maximum Gasteiger partial charge on any atom is 0.411 e. The molecule has 0 saturated heterocycles. The summed E-state index contributed by atoms with van der Waals surface area (Å²) in [5.74, 6) is 0. The Bertz CT molecular complexity index is 269.